The van der Waals surface area contributed by atoms with Gasteiger partial charge in [0.05, 0.1) is 30.7 Å². The van der Waals surface area contributed by atoms with Gasteiger partial charge in [-0.15, -0.1) is 0 Å². The van der Waals surface area contributed by atoms with Crippen molar-refractivity contribution in [2.24, 2.45) is 0 Å². The fourth-order valence-electron chi connectivity index (χ4n) is 6.35. The summed E-state index contributed by atoms with van der Waals surface area (Å²) in [5.41, 5.74) is 2.53. The molecule has 2 aliphatic heterocycles. The molecule has 0 aromatic heterocycles. The summed E-state index contributed by atoms with van der Waals surface area (Å²) in [5.74, 6) is -1.12. The number of hydrogen-bond acceptors (Lipinski definition) is 5. The minimum absolute atomic E-state index is 0.263. The number of ether oxygens (including phenoxy) is 2. The first-order valence-corrected chi connectivity index (χ1v) is 13.6. The van der Waals surface area contributed by atoms with Crippen LogP contribution in [0.2, 0.25) is 0 Å². The van der Waals surface area contributed by atoms with Crippen molar-refractivity contribution in [1.82, 2.24) is 0 Å². The highest BCUT2D eigenvalue weighted by molar-refractivity contribution is 6.11. The normalized spacial score (nSPS) is 21.8. The van der Waals surface area contributed by atoms with Crippen LogP contribution in [-0.4, -0.2) is 30.2 Å². The molecule has 7 heteroatoms. The van der Waals surface area contributed by atoms with Gasteiger partial charge in [0.2, 0.25) is 0 Å². The monoisotopic (exact) mass is 522 g/mol. The Bertz CT molecular complexity index is 1450. The van der Waals surface area contributed by atoms with Crippen LogP contribution in [0.3, 0.4) is 0 Å². The molecule has 0 radical (unpaired) electrons. The first kappa shape index (κ1) is 25.0. The van der Waals surface area contributed by atoms with Gasteiger partial charge in [-0.3, -0.25) is 14.5 Å². The van der Waals surface area contributed by atoms with Gasteiger partial charge in [0.25, 0.3) is 5.91 Å². The van der Waals surface area contributed by atoms with Crippen molar-refractivity contribution in [3.63, 3.8) is 0 Å². The molecule has 1 aliphatic carbocycles. The number of carbonyl (C=O) groups excluding carboxylic acids is 1. The zero-order chi connectivity index (χ0) is 27.0. The Morgan fingerprint density at radius 1 is 0.923 bits per heavy atom. The maximum absolute atomic E-state index is 14.0. The molecular weight excluding hydrogens is 492 g/mol. The third kappa shape index (κ3) is 4.30. The summed E-state index contributed by atoms with van der Waals surface area (Å²) in [7, 11) is 0. The van der Waals surface area contributed by atoms with Crippen LogP contribution in [0.4, 0.5) is 5.69 Å². The van der Waals surface area contributed by atoms with Gasteiger partial charge in [0, 0.05) is 17.7 Å². The minimum Gasteiger partial charge on any atom is -0.490 e. The van der Waals surface area contributed by atoms with Crippen LogP contribution in [-0.2, 0) is 10.2 Å². The predicted octanol–water partition coefficient (Wildman–Crippen LogP) is 6.14. The van der Waals surface area contributed by atoms with Crippen LogP contribution < -0.4 is 14.4 Å². The van der Waals surface area contributed by atoms with E-state index in [1.165, 1.54) is 0 Å². The van der Waals surface area contributed by atoms with Crippen LogP contribution in [0.1, 0.15) is 77.5 Å². The van der Waals surface area contributed by atoms with E-state index in [0.717, 1.165) is 44.1 Å². The zero-order valence-electron chi connectivity index (χ0n) is 21.6. The predicted molar refractivity (Wildman–Crippen MR) is 145 cm³/mol. The summed E-state index contributed by atoms with van der Waals surface area (Å²) in [5, 5.41) is 20.6. The van der Waals surface area contributed by atoms with Crippen molar-refractivity contribution in [2.45, 2.75) is 55.9 Å². The topological polar surface area (TPSA) is 99.9 Å². The molecule has 0 spiro atoms. The second-order valence-electron chi connectivity index (χ2n) is 10.6. The highest BCUT2D eigenvalue weighted by Crippen LogP contribution is 2.47. The number of hydrogen-bond donors (Lipinski definition) is 1. The fraction of sp³-hybridized carbons (Fsp3) is 0.344. The van der Waals surface area contributed by atoms with Crippen molar-refractivity contribution < 1.29 is 24.2 Å². The van der Waals surface area contributed by atoms with E-state index in [1.54, 1.807) is 41.3 Å². The van der Waals surface area contributed by atoms with E-state index < -0.39 is 23.3 Å². The third-order valence-electron chi connectivity index (χ3n) is 8.34. The molecule has 3 aliphatic rings. The van der Waals surface area contributed by atoms with Crippen molar-refractivity contribution >= 4 is 17.6 Å². The number of carboxylic acid groups (broad SMARTS) is 1. The van der Waals surface area contributed by atoms with Crippen LogP contribution in [0, 0.1) is 11.3 Å². The van der Waals surface area contributed by atoms with Gasteiger partial charge >= 0.3 is 5.97 Å². The number of aliphatic carboxylic acids is 1. The second-order valence-corrected chi connectivity index (χ2v) is 10.6. The summed E-state index contributed by atoms with van der Waals surface area (Å²) >= 11 is 0. The number of rotatable bonds is 4. The van der Waals surface area contributed by atoms with Crippen LogP contribution in [0.15, 0.2) is 66.7 Å². The smallest absolute Gasteiger partial charge is 0.313 e. The molecule has 3 aromatic rings. The van der Waals surface area contributed by atoms with Crippen molar-refractivity contribution in [1.29, 1.82) is 5.26 Å². The van der Waals surface area contributed by atoms with E-state index in [1.807, 2.05) is 30.3 Å². The lowest BCUT2D eigenvalue weighted by atomic mass is 9.70. The van der Waals surface area contributed by atoms with Gasteiger partial charge in [-0.05, 0) is 59.9 Å². The molecule has 0 unspecified atom stereocenters. The summed E-state index contributed by atoms with van der Waals surface area (Å²) in [6.07, 6.45) is 5.56. The highest BCUT2D eigenvalue weighted by Gasteiger charge is 2.45. The lowest BCUT2D eigenvalue weighted by molar-refractivity contribution is -0.139. The molecule has 0 bridgehead atoms. The summed E-state index contributed by atoms with van der Waals surface area (Å²) in [4.78, 5) is 28.5. The average molecular weight is 523 g/mol. The summed E-state index contributed by atoms with van der Waals surface area (Å²) in [6.45, 7) is 1.04. The molecule has 1 amide bonds. The Kier molecular flexibility index (Phi) is 6.48. The Balaban J connectivity index is 1.48. The van der Waals surface area contributed by atoms with Crippen LogP contribution in [0.5, 0.6) is 11.5 Å². The molecule has 0 saturated heterocycles. The number of anilines is 1. The number of carboxylic acids is 1. The van der Waals surface area contributed by atoms with Crippen LogP contribution in [0.25, 0.3) is 0 Å². The molecule has 1 fully saturated rings. The number of fused-ring (bicyclic) bond motifs is 2. The highest BCUT2D eigenvalue weighted by atomic mass is 16.5. The van der Waals surface area contributed by atoms with Crippen LogP contribution >= 0.6 is 0 Å². The molecule has 2 heterocycles. The van der Waals surface area contributed by atoms with Gasteiger partial charge in [-0.1, -0.05) is 55.7 Å². The van der Waals surface area contributed by atoms with E-state index in [9.17, 15) is 20.0 Å². The SMILES string of the molecule is N#CC1(c2ccc(N3C(=O)c4ccccc4[C@H](C(=O)O)[C@H]3c3ccc4c(c3)OCCCO4)cc2)CCCCC1. The number of benzene rings is 3. The second kappa shape index (κ2) is 10.1. The lowest BCUT2D eigenvalue weighted by Gasteiger charge is -2.41. The third-order valence-corrected chi connectivity index (χ3v) is 8.34. The maximum atomic E-state index is 14.0. The summed E-state index contributed by atoms with van der Waals surface area (Å²) < 4.78 is 11.7. The number of amides is 1. The van der Waals surface area contributed by atoms with Gasteiger partial charge in [0.15, 0.2) is 11.5 Å². The van der Waals surface area contributed by atoms with Crippen molar-refractivity contribution in [2.75, 3.05) is 18.1 Å². The van der Waals surface area contributed by atoms with E-state index >= 15 is 0 Å². The molecular formula is C32H30N2O5. The van der Waals surface area contributed by atoms with Gasteiger partial charge < -0.3 is 14.6 Å². The number of carbonyl (C=O) groups is 2. The fourth-order valence-corrected chi connectivity index (χ4v) is 6.35. The molecule has 2 atom stereocenters. The number of nitrogens with zero attached hydrogens (tertiary/aromatic N) is 2. The van der Waals surface area contributed by atoms with E-state index in [4.69, 9.17) is 9.47 Å². The van der Waals surface area contributed by atoms with Gasteiger partial charge in [-0.25, -0.2) is 0 Å². The van der Waals surface area contributed by atoms with E-state index in [2.05, 4.69) is 6.07 Å². The Morgan fingerprint density at radius 2 is 1.64 bits per heavy atom. The molecule has 39 heavy (non-hydrogen) atoms. The largest absolute Gasteiger partial charge is 0.490 e. The van der Waals surface area contributed by atoms with E-state index in [-0.39, 0.29) is 5.91 Å². The zero-order valence-corrected chi connectivity index (χ0v) is 21.6. The van der Waals surface area contributed by atoms with Gasteiger partial charge in [-0.2, -0.15) is 5.26 Å². The summed E-state index contributed by atoms with van der Waals surface area (Å²) in [6, 6.07) is 21.7. The van der Waals surface area contributed by atoms with E-state index in [0.29, 0.717) is 47.1 Å². The average Bonchev–Trinajstić information content (AvgIpc) is 3.22. The number of nitriles is 1. The maximum Gasteiger partial charge on any atom is 0.313 e. The molecule has 7 nitrogen and oxygen atoms in total. The quantitative estimate of drug-likeness (QED) is 0.442. The molecule has 198 valence electrons. The Morgan fingerprint density at radius 3 is 2.36 bits per heavy atom. The first-order valence-electron chi connectivity index (χ1n) is 13.6. The lowest BCUT2D eigenvalue weighted by Crippen LogP contribution is -2.45. The standard InChI is InChI=1S/C32H30N2O5/c33-20-32(15-4-1-5-16-32)22-10-12-23(13-11-22)34-29(21-9-14-26-27(19-21)39-18-6-17-38-26)28(31(36)37)24-7-2-3-8-25(24)30(34)35/h2-3,7-14,19,28-29H,1,4-6,15-18H2,(H,36,37)/t28-,29+/m0/s1. The minimum atomic E-state index is -1.01. The van der Waals surface area contributed by atoms with Gasteiger partial charge in [0.1, 0.15) is 5.92 Å². The van der Waals surface area contributed by atoms with Crippen molar-refractivity contribution in [3.8, 4) is 17.6 Å². The molecule has 3 aromatic carbocycles. The molecule has 1 N–H and O–H groups in total. The van der Waals surface area contributed by atoms with Crippen molar-refractivity contribution in [3.05, 3.63) is 89.0 Å². The molecule has 1 saturated carbocycles. The Hall–Kier alpha value is -4.31. The Labute approximate surface area is 227 Å². The first-order chi connectivity index (χ1) is 19.0. The molecule has 6 rings (SSSR count).